The number of hydrogen-bond acceptors (Lipinski definition) is 6. The molecule has 0 spiro atoms. The number of anilines is 1. The second-order valence-electron chi connectivity index (χ2n) is 6.43. The number of halogens is 3. The Labute approximate surface area is 158 Å². The van der Waals surface area contributed by atoms with Crippen molar-refractivity contribution in [1.82, 2.24) is 5.32 Å². The fourth-order valence-corrected chi connectivity index (χ4v) is 4.39. The molecule has 27 heavy (non-hydrogen) atoms. The van der Waals surface area contributed by atoms with Gasteiger partial charge >= 0.3 is 17.8 Å². The molecular weight excluding hydrogens is 383 g/mol. The first-order valence-corrected chi connectivity index (χ1v) is 9.20. The minimum atomic E-state index is -5.20. The molecule has 2 rings (SSSR count). The molecule has 1 amide bonds. The van der Waals surface area contributed by atoms with Gasteiger partial charge in [0.25, 0.3) is 0 Å². The smallest absolute Gasteiger partial charge is 0.441 e. The summed E-state index contributed by atoms with van der Waals surface area (Å²) in [6, 6.07) is 1.93. The molecule has 0 aliphatic heterocycles. The van der Waals surface area contributed by atoms with Crippen molar-refractivity contribution >= 4 is 28.2 Å². The van der Waals surface area contributed by atoms with Crippen LogP contribution in [-0.4, -0.2) is 30.8 Å². The monoisotopic (exact) mass is 403 g/mol. The predicted octanol–water partition coefficient (Wildman–Crippen LogP) is 3.11. The zero-order valence-electron chi connectivity index (χ0n) is 15.1. The molecule has 0 fully saturated rings. The van der Waals surface area contributed by atoms with Crippen LogP contribution in [0.15, 0.2) is 0 Å². The Balaban J connectivity index is 2.57. The van der Waals surface area contributed by atoms with E-state index in [1.54, 1.807) is 5.32 Å². The lowest BCUT2D eigenvalue weighted by atomic mass is 9.88. The van der Waals surface area contributed by atoms with E-state index in [2.05, 4.69) is 10.1 Å². The first-order valence-electron chi connectivity index (χ1n) is 8.38. The molecule has 0 bridgehead atoms. The largest absolute Gasteiger partial charge is 0.466 e. The van der Waals surface area contributed by atoms with Crippen LogP contribution in [0.3, 0.4) is 0 Å². The van der Waals surface area contributed by atoms with Crippen LogP contribution >= 0.6 is 11.3 Å². The lowest BCUT2D eigenvalue weighted by molar-refractivity contribution is -0.206. The van der Waals surface area contributed by atoms with E-state index in [4.69, 9.17) is 0 Å². The van der Waals surface area contributed by atoms with Crippen molar-refractivity contribution in [3.63, 3.8) is 0 Å². The number of rotatable bonds is 5. The number of thiophene rings is 1. The summed E-state index contributed by atoms with van der Waals surface area (Å²) in [7, 11) is 0.801. The molecule has 148 valence electrons. The van der Waals surface area contributed by atoms with Gasteiger partial charge in [-0.1, -0.05) is 13.8 Å². The van der Waals surface area contributed by atoms with Crippen molar-refractivity contribution in [1.29, 1.82) is 5.26 Å². The molecule has 1 aliphatic rings. The van der Waals surface area contributed by atoms with Crippen LogP contribution in [0.5, 0.6) is 0 Å². The third kappa shape index (κ3) is 3.88. The Bertz CT molecular complexity index is 785. The molecule has 1 heterocycles. The summed E-state index contributed by atoms with van der Waals surface area (Å²) < 4.78 is 46.1. The van der Waals surface area contributed by atoms with Crippen LogP contribution < -0.4 is 10.6 Å². The van der Waals surface area contributed by atoms with Gasteiger partial charge in [0.15, 0.2) is 0 Å². The molecule has 10 heteroatoms. The number of amides is 1. The van der Waals surface area contributed by atoms with Crippen LogP contribution in [0.4, 0.5) is 18.2 Å². The Hall–Kier alpha value is -2.28. The Morgan fingerprint density at radius 3 is 2.59 bits per heavy atom. The summed E-state index contributed by atoms with van der Waals surface area (Å²) in [4.78, 5) is 24.7. The van der Waals surface area contributed by atoms with Crippen molar-refractivity contribution in [2.75, 3.05) is 12.4 Å². The van der Waals surface area contributed by atoms with Gasteiger partial charge in [-0.05, 0) is 30.7 Å². The summed E-state index contributed by atoms with van der Waals surface area (Å²) in [6.45, 7) is 3.39. The van der Waals surface area contributed by atoms with Gasteiger partial charge in [-0.15, -0.1) is 11.3 Å². The highest BCUT2D eigenvalue weighted by molar-refractivity contribution is 7.16. The number of nitrogens with zero attached hydrogens (tertiary/aromatic N) is 1. The first-order chi connectivity index (χ1) is 12.6. The molecule has 2 N–H and O–H groups in total. The number of nitriles is 1. The molecule has 2 atom stereocenters. The van der Waals surface area contributed by atoms with E-state index in [0.717, 1.165) is 29.7 Å². The van der Waals surface area contributed by atoms with Crippen LogP contribution in [0, 0.1) is 17.2 Å². The Morgan fingerprint density at radius 1 is 1.41 bits per heavy atom. The minimum absolute atomic E-state index is 0.0742. The molecule has 6 nitrogen and oxygen atoms in total. The molecular formula is C17H20F3N3O3S. The number of alkyl halides is 3. The topological polar surface area (TPSA) is 91.2 Å². The number of fused-ring (bicyclic) bond motifs is 1. The number of nitrogens with one attached hydrogen (secondary N) is 2. The quantitative estimate of drug-likeness (QED) is 0.582. The normalized spacial score (nSPS) is 18.6. The van der Waals surface area contributed by atoms with Gasteiger partial charge in [-0.2, -0.15) is 18.4 Å². The van der Waals surface area contributed by atoms with Crippen LogP contribution in [-0.2, 0) is 27.2 Å². The number of hydrogen-bond donors (Lipinski definition) is 2. The average molecular weight is 403 g/mol. The Kier molecular flexibility index (Phi) is 6.04. The van der Waals surface area contributed by atoms with E-state index in [1.807, 2.05) is 13.0 Å². The van der Waals surface area contributed by atoms with E-state index < -0.39 is 23.7 Å². The van der Waals surface area contributed by atoms with Gasteiger partial charge in [0.2, 0.25) is 5.91 Å². The highest BCUT2D eigenvalue weighted by atomic mass is 32.1. The summed E-state index contributed by atoms with van der Waals surface area (Å²) >= 11 is 1.00. The summed E-state index contributed by atoms with van der Waals surface area (Å²) in [5.41, 5.74) is -2.70. The van der Waals surface area contributed by atoms with E-state index in [1.165, 1.54) is 6.92 Å². The lowest BCUT2D eigenvalue weighted by Crippen LogP contribution is -2.69. The van der Waals surface area contributed by atoms with Crippen molar-refractivity contribution in [2.45, 2.75) is 51.4 Å². The van der Waals surface area contributed by atoms with E-state index >= 15 is 0 Å². The maximum absolute atomic E-state index is 13.9. The van der Waals surface area contributed by atoms with E-state index in [0.29, 0.717) is 24.3 Å². The van der Waals surface area contributed by atoms with Crippen LogP contribution in [0.25, 0.3) is 0 Å². The predicted molar refractivity (Wildman–Crippen MR) is 93.1 cm³/mol. The summed E-state index contributed by atoms with van der Waals surface area (Å²) in [5, 5.41) is 13.2. The maximum Gasteiger partial charge on any atom is 0.441 e. The zero-order valence-corrected chi connectivity index (χ0v) is 15.9. The summed E-state index contributed by atoms with van der Waals surface area (Å²) in [5.74, 6) is -2.34. The fraction of sp³-hybridized carbons (Fsp3) is 0.588. The van der Waals surface area contributed by atoms with Crippen LogP contribution in [0.1, 0.15) is 42.7 Å². The highest BCUT2D eigenvalue weighted by Gasteiger charge is 2.63. The van der Waals surface area contributed by atoms with E-state index in [-0.39, 0.29) is 17.0 Å². The Morgan fingerprint density at radius 2 is 2.07 bits per heavy atom. The van der Waals surface area contributed by atoms with E-state index in [9.17, 15) is 28.0 Å². The number of ether oxygens (including phenoxy) is 1. The van der Waals surface area contributed by atoms with Gasteiger partial charge < -0.3 is 15.4 Å². The first kappa shape index (κ1) is 21.0. The van der Waals surface area contributed by atoms with Gasteiger partial charge in [0.05, 0.1) is 12.7 Å². The van der Waals surface area contributed by atoms with Gasteiger partial charge in [-0.25, -0.2) is 4.79 Å². The standard InChI is InChI=1S/C17H20F3N3O3S/c1-4-13(24)22-16(15(25)26-3,17(18,19)20)23-14-11(8-21)10-6-5-9(2)7-12(10)27-14/h9,23H,4-7H2,1-3H3,(H,22,24)/t9-,16-/m0/s1. The van der Waals surface area contributed by atoms with Gasteiger partial charge in [0.1, 0.15) is 11.1 Å². The molecule has 0 saturated carbocycles. The zero-order chi connectivity index (χ0) is 20.4. The molecule has 0 aromatic carbocycles. The molecule has 1 aromatic heterocycles. The molecule has 0 saturated heterocycles. The second-order valence-corrected chi connectivity index (χ2v) is 7.54. The molecule has 0 radical (unpaired) electrons. The average Bonchev–Trinajstić information content (AvgIpc) is 2.94. The molecule has 0 unspecified atom stereocenters. The van der Waals surface area contributed by atoms with Gasteiger partial charge in [-0.3, -0.25) is 4.79 Å². The summed E-state index contributed by atoms with van der Waals surface area (Å²) in [6.07, 6.45) is -3.41. The number of methoxy groups -OCH3 is 1. The fourth-order valence-electron chi connectivity index (χ4n) is 2.97. The second kappa shape index (κ2) is 7.76. The molecule has 1 aromatic rings. The van der Waals surface area contributed by atoms with Gasteiger partial charge in [0, 0.05) is 11.3 Å². The van der Waals surface area contributed by atoms with Crippen molar-refractivity contribution in [2.24, 2.45) is 5.92 Å². The highest BCUT2D eigenvalue weighted by Crippen LogP contribution is 2.42. The lowest BCUT2D eigenvalue weighted by Gasteiger charge is -2.34. The van der Waals surface area contributed by atoms with Crippen molar-refractivity contribution < 1.29 is 27.5 Å². The third-order valence-electron chi connectivity index (χ3n) is 4.49. The third-order valence-corrected chi connectivity index (χ3v) is 5.66. The van der Waals surface area contributed by atoms with Crippen molar-refractivity contribution in [3.8, 4) is 6.07 Å². The maximum atomic E-state index is 13.9. The van der Waals surface area contributed by atoms with Crippen molar-refractivity contribution in [3.05, 3.63) is 16.0 Å². The number of esters is 1. The number of carbonyl (C=O) groups is 2. The molecule has 1 aliphatic carbocycles. The minimum Gasteiger partial charge on any atom is -0.466 e. The SMILES string of the molecule is CCC(=O)N[C@](Nc1sc2c(c1C#N)CC[C@H](C)C2)(C(=O)OC)C(F)(F)F. The number of carbonyl (C=O) groups excluding carboxylic acids is 2. The van der Waals surface area contributed by atoms with Crippen LogP contribution in [0.2, 0.25) is 0 Å².